The van der Waals surface area contributed by atoms with Crippen molar-refractivity contribution in [1.29, 1.82) is 0 Å². The number of sulfone groups is 2. The molecule has 0 saturated carbocycles. The zero-order valence-corrected chi connectivity index (χ0v) is 21.4. The number of rotatable bonds is 9. The van der Waals surface area contributed by atoms with Crippen LogP contribution in [0.5, 0.6) is 0 Å². The van der Waals surface area contributed by atoms with Gasteiger partial charge in [-0.15, -0.1) is 0 Å². The molecule has 0 fully saturated rings. The quantitative estimate of drug-likeness (QED) is 0.436. The number of carbonyl (C=O) groups is 1. The van der Waals surface area contributed by atoms with E-state index < -0.39 is 19.7 Å². The largest absolute Gasteiger partial charge is 0.302 e. The molecule has 0 spiro atoms. The summed E-state index contributed by atoms with van der Waals surface area (Å²) in [6.07, 6.45) is 2.24. The fraction of sp³-hybridized carbons (Fsp3) is 0.364. The van der Waals surface area contributed by atoms with Crippen LogP contribution < -0.4 is 4.90 Å². The standard InChI is InChI=1S/C22H27N3O5S3/c1-5-24(6-2)12-13-25(21(26)16-8-7-9-17(14-16)32(3,27)28)22-23-19-11-10-18(33(4,29)30)15-20(19)31-22/h7-11,14-15H,5-6,12-13H2,1-4H3. The Balaban J connectivity index is 2.05. The molecule has 1 amide bonds. The van der Waals surface area contributed by atoms with Gasteiger partial charge in [0.05, 0.1) is 20.0 Å². The number of anilines is 1. The van der Waals surface area contributed by atoms with E-state index in [0.29, 0.717) is 28.4 Å². The van der Waals surface area contributed by atoms with Crippen molar-refractivity contribution in [3.63, 3.8) is 0 Å². The third-order valence-corrected chi connectivity index (χ3v) is 8.56. The topological polar surface area (TPSA) is 105 Å². The smallest absolute Gasteiger partial charge is 0.260 e. The molecule has 0 bridgehead atoms. The van der Waals surface area contributed by atoms with Gasteiger partial charge in [0.1, 0.15) is 0 Å². The van der Waals surface area contributed by atoms with E-state index in [2.05, 4.69) is 9.88 Å². The molecule has 178 valence electrons. The Labute approximate surface area is 198 Å². The maximum absolute atomic E-state index is 13.5. The number of thiazole rings is 1. The molecule has 0 saturated heterocycles. The lowest BCUT2D eigenvalue weighted by molar-refractivity contribution is 0.0983. The van der Waals surface area contributed by atoms with Gasteiger partial charge in [0.15, 0.2) is 24.8 Å². The van der Waals surface area contributed by atoms with Crippen LogP contribution in [0.15, 0.2) is 52.3 Å². The van der Waals surface area contributed by atoms with Crippen molar-refractivity contribution in [2.24, 2.45) is 0 Å². The van der Waals surface area contributed by atoms with Gasteiger partial charge in [-0.05, 0) is 49.5 Å². The van der Waals surface area contributed by atoms with Gasteiger partial charge in [0.2, 0.25) is 0 Å². The molecular weight excluding hydrogens is 482 g/mol. The van der Waals surface area contributed by atoms with Gasteiger partial charge >= 0.3 is 0 Å². The molecule has 3 rings (SSSR count). The monoisotopic (exact) mass is 509 g/mol. The molecule has 11 heteroatoms. The molecular formula is C22H27N3O5S3. The summed E-state index contributed by atoms with van der Waals surface area (Å²) >= 11 is 1.23. The average molecular weight is 510 g/mol. The number of amides is 1. The number of likely N-dealkylation sites (N-methyl/N-ethyl adjacent to an activating group) is 1. The predicted molar refractivity (Wildman–Crippen MR) is 132 cm³/mol. The van der Waals surface area contributed by atoms with Crippen LogP contribution in [-0.2, 0) is 19.7 Å². The number of nitrogens with zero attached hydrogens (tertiary/aromatic N) is 3. The Bertz CT molecular complexity index is 1380. The van der Waals surface area contributed by atoms with Crippen LogP contribution in [0.4, 0.5) is 5.13 Å². The van der Waals surface area contributed by atoms with Gasteiger partial charge in [-0.3, -0.25) is 9.69 Å². The number of fused-ring (bicyclic) bond motifs is 1. The van der Waals surface area contributed by atoms with E-state index in [9.17, 15) is 21.6 Å². The normalized spacial score (nSPS) is 12.4. The summed E-state index contributed by atoms with van der Waals surface area (Å²) < 4.78 is 48.5. The molecule has 0 unspecified atom stereocenters. The van der Waals surface area contributed by atoms with Crippen LogP contribution in [0, 0.1) is 0 Å². The van der Waals surface area contributed by atoms with Crippen LogP contribution in [0.25, 0.3) is 10.2 Å². The van der Waals surface area contributed by atoms with Crippen molar-refractivity contribution in [3.8, 4) is 0 Å². The van der Waals surface area contributed by atoms with E-state index in [0.717, 1.165) is 25.6 Å². The lowest BCUT2D eigenvalue weighted by Crippen LogP contribution is -2.38. The number of hydrogen-bond acceptors (Lipinski definition) is 8. The van der Waals surface area contributed by atoms with E-state index in [1.165, 1.54) is 34.4 Å². The molecule has 0 radical (unpaired) electrons. The Morgan fingerprint density at radius 1 is 0.909 bits per heavy atom. The SMILES string of the molecule is CCN(CC)CCN(C(=O)c1cccc(S(C)(=O)=O)c1)c1nc2ccc(S(C)(=O)=O)cc2s1. The van der Waals surface area contributed by atoms with E-state index in [1.54, 1.807) is 24.3 Å². The summed E-state index contributed by atoms with van der Waals surface area (Å²) in [5, 5.41) is 0.428. The molecule has 0 aliphatic rings. The van der Waals surface area contributed by atoms with Crippen molar-refractivity contribution in [2.75, 3.05) is 43.6 Å². The summed E-state index contributed by atoms with van der Waals surface area (Å²) in [6.45, 7) is 6.67. The summed E-state index contributed by atoms with van der Waals surface area (Å²) in [4.78, 5) is 22.0. The minimum atomic E-state index is -3.47. The maximum atomic E-state index is 13.5. The first kappa shape index (κ1) is 25.3. The lowest BCUT2D eigenvalue weighted by atomic mass is 10.2. The van der Waals surface area contributed by atoms with E-state index in [-0.39, 0.29) is 21.3 Å². The number of carbonyl (C=O) groups excluding carboxylic acids is 1. The third kappa shape index (κ3) is 5.97. The van der Waals surface area contributed by atoms with E-state index >= 15 is 0 Å². The Morgan fingerprint density at radius 3 is 2.15 bits per heavy atom. The Morgan fingerprint density at radius 2 is 1.55 bits per heavy atom. The second kappa shape index (κ2) is 9.88. The number of aromatic nitrogens is 1. The lowest BCUT2D eigenvalue weighted by Gasteiger charge is -2.24. The van der Waals surface area contributed by atoms with Crippen LogP contribution in [0.3, 0.4) is 0 Å². The van der Waals surface area contributed by atoms with Crippen LogP contribution >= 0.6 is 11.3 Å². The second-order valence-electron chi connectivity index (χ2n) is 7.68. The summed E-state index contributed by atoms with van der Waals surface area (Å²) in [5.74, 6) is -0.366. The van der Waals surface area contributed by atoms with Gasteiger partial charge < -0.3 is 4.90 Å². The maximum Gasteiger partial charge on any atom is 0.260 e. The summed E-state index contributed by atoms with van der Waals surface area (Å²) in [7, 11) is -6.85. The van der Waals surface area contributed by atoms with Crippen molar-refractivity contribution in [2.45, 2.75) is 23.6 Å². The van der Waals surface area contributed by atoms with E-state index in [1.807, 2.05) is 13.8 Å². The van der Waals surface area contributed by atoms with Gasteiger partial charge in [-0.1, -0.05) is 31.3 Å². The van der Waals surface area contributed by atoms with Gasteiger partial charge in [0.25, 0.3) is 5.91 Å². The number of hydrogen-bond donors (Lipinski definition) is 0. The van der Waals surface area contributed by atoms with Crippen LogP contribution in [0.1, 0.15) is 24.2 Å². The molecule has 0 aliphatic carbocycles. The minimum absolute atomic E-state index is 0.0686. The van der Waals surface area contributed by atoms with Gasteiger partial charge in [-0.2, -0.15) is 0 Å². The highest BCUT2D eigenvalue weighted by molar-refractivity contribution is 7.91. The van der Waals surface area contributed by atoms with Gasteiger partial charge in [0, 0.05) is 31.2 Å². The average Bonchev–Trinajstić information content (AvgIpc) is 3.18. The summed E-state index contributed by atoms with van der Waals surface area (Å²) in [6, 6.07) is 10.6. The molecule has 0 aliphatic heterocycles. The van der Waals surface area contributed by atoms with Crippen molar-refractivity contribution < 1.29 is 21.6 Å². The highest BCUT2D eigenvalue weighted by atomic mass is 32.2. The molecule has 2 aromatic carbocycles. The van der Waals surface area contributed by atoms with Crippen molar-refractivity contribution in [3.05, 3.63) is 48.0 Å². The molecule has 1 heterocycles. The minimum Gasteiger partial charge on any atom is -0.302 e. The zero-order valence-electron chi connectivity index (χ0n) is 19.0. The summed E-state index contributed by atoms with van der Waals surface area (Å²) in [5.41, 5.74) is 0.835. The molecule has 0 atom stereocenters. The first-order valence-corrected chi connectivity index (χ1v) is 15.0. The molecule has 1 aromatic heterocycles. The zero-order chi connectivity index (χ0) is 24.4. The molecule has 0 N–H and O–H groups in total. The highest BCUT2D eigenvalue weighted by Crippen LogP contribution is 2.31. The Kier molecular flexibility index (Phi) is 7.57. The number of benzene rings is 2. The predicted octanol–water partition coefficient (Wildman–Crippen LogP) is 3.09. The van der Waals surface area contributed by atoms with Crippen LogP contribution in [-0.4, -0.2) is 71.3 Å². The fourth-order valence-electron chi connectivity index (χ4n) is 3.32. The highest BCUT2D eigenvalue weighted by Gasteiger charge is 2.23. The first-order valence-electron chi connectivity index (χ1n) is 10.4. The van der Waals surface area contributed by atoms with E-state index in [4.69, 9.17) is 0 Å². The second-order valence-corrected chi connectivity index (χ2v) is 12.7. The Hall–Kier alpha value is -2.34. The molecule has 3 aromatic rings. The molecule has 8 nitrogen and oxygen atoms in total. The first-order chi connectivity index (χ1) is 15.4. The van der Waals surface area contributed by atoms with Crippen LogP contribution in [0.2, 0.25) is 0 Å². The van der Waals surface area contributed by atoms with Crippen molar-refractivity contribution >= 4 is 52.3 Å². The third-order valence-electron chi connectivity index (χ3n) is 5.30. The molecule has 33 heavy (non-hydrogen) atoms. The van der Waals surface area contributed by atoms with Gasteiger partial charge in [-0.25, -0.2) is 21.8 Å². The fourth-order valence-corrected chi connectivity index (χ4v) is 5.74. The van der Waals surface area contributed by atoms with Crippen molar-refractivity contribution in [1.82, 2.24) is 9.88 Å².